The Kier molecular flexibility index (Phi) is 10.2. The molecule has 0 spiro atoms. The molecule has 2 heterocycles. The molecule has 0 unspecified atom stereocenters. The molecule has 11 nitrogen and oxygen atoms in total. The van der Waals surface area contributed by atoms with Crippen LogP contribution in [0.15, 0.2) is 40.9 Å². The zero-order chi connectivity index (χ0) is 30.2. The fraction of sp³-hybridized carbons (Fsp3) is 0.481. The van der Waals surface area contributed by atoms with Crippen LogP contribution in [0.3, 0.4) is 0 Å². The Labute approximate surface area is 234 Å². The number of esters is 1. The Morgan fingerprint density at radius 1 is 1.07 bits per heavy atom. The number of aromatic amines is 1. The molecule has 3 aromatic rings. The first kappa shape index (κ1) is 31.3. The van der Waals surface area contributed by atoms with Crippen molar-refractivity contribution in [2.24, 2.45) is 5.41 Å². The van der Waals surface area contributed by atoms with Gasteiger partial charge in [-0.1, -0.05) is 40.5 Å². The average Bonchev–Trinajstić information content (AvgIpc) is 3.59. The third-order valence-electron chi connectivity index (χ3n) is 6.28. The van der Waals surface area contributed by atoms with E-state index in [1.165, 1.54) is 29.3 Å². The van der Waals surface area contributed by atoms with E-state index in [1.807, 2.05) is 27.7 Å². The molecule has 0 bridgehead atoms. The fourth-order valence-corrected chi connectivity index (χ4v) is 4.18. The van der Waals surface area contributed by atoms with Gasteiger partial charge in [0.1, 0.15) is 5.82 Å². The number of carbonyl (C=O) groups is 3. The van der Waals surface area contributed by atoms with Gasteiger partial charge in [0.2, 0.25) is 11.8 Å². The maximum Gasteiger partial charge on any atom is 0.418 e. The summed E-state index contributed by atoms with van der Waals surface area (Å²) in [7, 11) is 0. The van der Waals surface area contributed by atoms with Crippen molar-refractivity contribution in [1.29, 1.82) is 0 Å². The number of carbonyl (C=O) groups excluding carboxylic acids is 3. The predicted molar refractivity (Wildman–Crippen MR) is 141 cm³/mol. The molecule has 2 aromatic heterocycles. The highest BCUT2D eigenvalue weighted by atomic mass is 19.4. The van der Waals surface area contributed by atoms with Gasteiger partial charge >= 0.3 is 24.1 Å². The highest BCUT2D eigenvalue weighted by Crippen LogP contribution is 2.32. The first-order valence-electron chi connectivity index (χ1n) is 13.1. The minimum atomic E-state index is -4.46. The molecule has 14 heteroatoms. The number of aromatic nitrogens is 4. The molecule has 1 atom stereocenters. The number of hydrogen-bond donors (Lipinski definition) is 2. The third-order valence-corrected chi connectivity index (χ3v) is 6.28. The first-order chi connectivity index (χ1) is 19.3. The van der Waals surface area contributed by atoms with Gasteiger partial charge in [0, 0.05) is 30.6 Å². The van der Waals surface area contributed by atoms with Gasteiger partial charge in [-0.25, -0.2) is 9.59 Å². The smallest absolute Gasteiger partial charge is 0.418 e. The van der Waals surface area contributed by atoms with Crippen LogP contribution in [0.25, 0.3) is 11.5 Å². The number of benzene rings is 1. The largest absolute Gasteiger partial charge is 0.421 e. The van der Waals surface area contributed by atoms with Crippen molar-refractivity contribution < 1.29 is 36.7 Å². The Hall–Kier alpha value is -4.23. The lowest BCUT2D eigenvalue weighted by molar-refractivity contribution is -0.149. The van der Waals surface area contributed by atoms with Crippen molar-refractivity contribution in [3.05, 3.63) is 48.0 Å². The molecular formula is C27H33F3N6O5. The zero-order valence-electron chi connectivity index (χ0n) is 23.2. The second-order valence-corrected chi connectivity index (χ2v) is 10.5. The molecule has 0 fully saturated rings. The lowest BCUT2D eigenvalue weighted by Gasteiger charge is -2.39. The summed E-state index contributed by atoms with van der Waals surface area (Å²) in [6.45, 7) is 8.06. The van der Waals surface area contributed by atoms with E-state index >= 15 is 0 Å². The van der Waals surface area contributed by atoms with Gasteiger partial charge in [0.05, 0.1) is 11.8 Å². The van der Waals surface area contributed by atoms with E-state index in [0.29, 0.717) is 18.4 Å². The van der Waals surface area contributed by atoms with Crippen molar-refractivity contribution in [3.63, 3.8) is 0 Å². The highest BCUT2D eigenvalue weighted by molar-refractivity contribution is 6.38. The molecule has 0 saturated carbocycles. The van der Waals surface area contributed by atoms with Gasteiger partial charge in [0.25, 0.3) is 0 Å². The lowest BCUT2D eigenvalue weighted by atomic mass is 9.83. The molecule has 3 rings (SSSR count). The zero-order valence-corrected chi connectivity index (χ0v) is 23.2. The standard InChI is InChI=1S/C27H33F3N6O5/c1-5-6-7-16-36(25(39)41-24(38)22(37)32-20-14-15-31-33-20)19(26(2,3)4)12-13-21-34-35-23(40-21)17-8-10-18(11-9-17)27(28,29)30/h8-11,14-15,19H,5-7,12-13,16H2,1-4H3,(H2,31,32,33,37)/t19-/m1/s1. The summed E-state index contributed by atoms with van der Waals surface area (Å²) >= 11 is 0. The van der Waals surface area contributed by atoms with Crippen LogP contribution < -0.4 is 5.32 Å². The van der Waals surface area contributed by atoms with E-state index in [-0.39, 0.29) is 30.6 Å². The number of ether oxygens (including phenoxy) is 1. The van der Waals surface area contributed by atoms with Gasteiger partial charge in [-0.15, -0.1) is 10.2 Å². The van der Waals surface area contributed by atoms with Gasteiger partial charge in [-0.2, -0.15) is 18.3 Å². The predicted octanol–water partition coefficient (Wildman–Crippen LogP) is 5.62. The van der Waals surface area contributed by atoms with Crippen molar-refractivity contribution in [2.45, 2.75) is 72.0 Å². The summed E-state index contributed by atoms with van der Waals surface area (Å²) in [4.78, 5) is 39.2. The number of halogens is 3. The Bertz CT molecular complexity index is 1300. The van der Waals surface area contributed by atoms with E-state index in [0.717, 1.165) is 25.0 Å². The van der Waals surface area contributed by atoms with E-state index in [1.54, 1.807) is 0 Å². The molecule has 0 aliphatic carbocycles. The quantitative estimate of drug-likeness (QED) is 0.137. The topological polar surface area (TPSA) is 143 Å². The lowest BCUT2D eigenvalue weighted by Crippen LogP contribution is -2.49. The summed E-state index contributed by atoms with van der Waals surface area (Å²) in [5, 5.41) is 16.4. The number of nitrogens with one attached hydrogen (secondary N) is 2. The SMILES string of the molecule is CCCCCN(C(=O)OC(=O)C(=O)Nc1ccn[nH]1)[C@H](CCc1nnc(-c2ccc(C(F)(F)F)cc2)o1)C(C)(C)C. The summed E-state index contributed by atoms with van der Waals surface area (Å²) < 4.78 is 49.3. The van der Waals surface area contributed by atoms with E-state index in [4.69, 9.17) is 9.15 Å². The number of alkyl halides is 3. The molecule has 0 aliphatic rings. The summed E-state index contributed by atoms with van der Waals surface area (Å²) in [6, 6.07) is 5.35. The van der Waals surface area contributed by atoms with Crippen molar-refractivity contribution in [2.75, 3.05) is 11.9 Å². The van der Waals surface area contributed by atoms with Crippen LogP contribution in [0.1, 0.15) is 64.8 Å². The summed E-state index contributed by atoms with van der Waals surface area (Å²) in [6.07, 6.45) is -1.09. The Morgan fingerprint density at radius 3 is 2.37 bits per heavy atom. The highest BCUT2D eigenvalue weighted by Gasteiger charge is 2.36. The van der Waals surface area contributed by atoms with Crippen LogP contribution >= 0.6 is 0 Å². The number of anilines is 1. The van der Waals surface area contributed by atoms with E-state index in [9.17, 15) is 27.6 Å². The first-order valence-corrected chi connectivity index (χ1v) is 13.1. The second kappa shape index (κ2) is 13.4. The number of amides is 2. The number of rotatable bonds is 10. The van der Waals surface area contributed by atoms with Gasteiger partial charge < -0.3 is 19.4 Å². The van der Waals surface area contributed by atoms with Crippen LogP contribution in [0.4, 0.5) is 23.8 Å². The number of H-pyrrole nitrogens is 1. The van der Waals surface area contributed by atoms with Crippen LogP contribution in [-0.4, -0.2) is 55.9 Å². The minimum absolute atomic E-state index is 0.0640. The van der Waals surface area contributed by atoms with Crippen LogP contribution in [0.5, 0.6) is 0 Å². The average molecular weight is 579 g/mol. The van der Waals surface area contributed by atoms with Gasteiger partial charge in [0.15, 0.2) is 0 Å². The maximum atomic E-state index is 13.2. The minimum Gasteiger partial charge on any atom is -0.421 e. The number of aryl methyl sites for hydroxylation is 1. The van der Waals surface area contributed by atoms with Crippen molar-refractivity contribution in [1.82, 2.24) is 25.3 Å². The molecule has 2 amide bonds. The molecule has 0 radical (unpaired) electrons. The molecule has 41 heavy (non-hydrogen) atoms. The second-order valence-electron chi connectivity index (χ2n) is 10.5. The molecule has 0 aliphatic heterocycles. The Balaban J connectivity index is 1.72. The number of nitrogens with zero attached hydrogens (tertiary/aromatic N) is 4. The van der Waals surface area contributed by atoms with Crippen molar-refractivity contribution >= 4 is 23.8 Å². The van der Waals surface area contributed by atoms with Crippen LogP contribution in [0.2, 0.25) is 0 Å². The number of unbranched alkanes of at least 4 members (excludes halogenated alkanes) is 2. The fourth-order valence-electron chi connectivity index (χ4n) is 4.18. The molecular weight excluding hydrogens is 545 g/mol. The third kappa shape index (κ3) is 8.88. The normalized spacial score (nSPS) is 12.6. The van der Waals surface area contributed by atoms with Gasteiger partial charge in [-0.3, -0.25) is 9.89 Å². The molecule has 0 saturated heterocycles. The van der Waals surface area contributed by atoms with Gasteiger partial charge in [-0.05, 0) is 42.5 Å². The number of hydrogen-bond acceptors (Lipinski definition) is 8. The summed E-state index contributed by atoms with van der Waals surface area (Å²) in [5.74, 6) is -2.04. The summed E-state index contributed by atoms with van der Waals surface area (Å²) in [5.41, 5.74) is -0.940. The molecule has 1 aromatic carbocycles. The van der Waals surface area contributed by atoms with E-state index < -0.39 is 41.2 Å². The monoisotopic (exact) mass is 578 g/mol. The van der Waals surface area contributed by atoms with Crippen LogP contribution in [-0.2, 0) is 26.9 Å². The Morgan fingerprint density at radius 2 is 1.78 bits per heavy atom. The van der Waals surface area contributed by atoms with Crippen molar-refractivity contribution in [3.8, 4) is 11.5 Å². The molecule has 2 N–H and O–H groups in total. The maximum absolute atomic E-state index is 13.2. The van der Waals surface area contributed by atoms with E-state index in [2.05, 4.69) is 25.7 Å². The molecule has 222 valence electrons. The van der Waals surface area contributed by atoms with Crippen LogP contribution in [0, 0.1) is 5.41 Å².